The van der Waals surface area contributed by atoms with Gasteiger partial charge in [-0.1, -0.05) is 40.5 Å². The third kappa shape index (κ3) is 4.15. The predicted octanol–water partition coefficient (Wildman–Crippen LogP) is 3.80. The van der Waals surface area contributed by atoms with Crippen molar-refractivity contribution < 1.29 is 5.11 Å². The fourth-order valence-electron chi connectivity index (χ4n) is 2.12. The smallest absolute Gasteiger partial charge is 0.0669 e. The van der Waals surface area contributed by atoms with E-state index in [0.717, 1.165) is 17.4 Å². The van der Waals surface area contributed by atoms with Crippen LogP contribution in [-0.4, -0.2) is 32.7 Å². The number of hydrogen-bond acceptors (Lipinski definition) is 3. The number of aliphatic hydroxyl groups is 1. The molecule has 1 saturated heterocycles. The Morgan fingerprint density at radius 2 is 1.81 bits per heavy atom. The van der Waals surface area contributed by atoms with Gasteiger partial charge in [0.05, 0.1) is 6.10 Å². The molecule has 3 heteroatoms. The minimum absolute atomic E-state index is 0.0997. The molecule has 4 unspecified atom stereocenters. The Kier molecular flexibility index (Phi) is 6.60. The number of rotatable bonds is 5. The van der Waals surface area contributed by atoms with E-state index in [1.807, 2.05) is 23.5 Å². The number of hydrogen-bond donors (Lipinski definition) is 1. The monoisotopic (exact) mass is 262 g/mol. The molecule has 0 aromatic heterocycles. The van der Waals surface area contributed by atoms with Gasteiger partial charge in [0, 0.05) is 21.5 Å². The summed E-state index contributed by atoms with van der Waals surface area (Å²) < 4.78 is 0. The second-order valence-corrected chi connectivity index (χ2v) is 7.94. The van der Waals surface area contributed by atoms with Gasteiger partial charge in [-0.15, -0.1) is 0 Å². The summed E-state index contributed by atoms with van der Waals surface area (Å²) in [5.74, 6) is 1.83. The highest BCUT2D eigenvalue weighted by Crippen LogP contribution is 2.38. The van der Waals surface area contributed by atoms with Crippen LogP contribution in [0.25, 0.3) is 0 Å². The Bertz CT molecular complexity index is 194. The fourth-order valence-corrected chi connectivity index (χ4v) is 5.15. The van der Waals surface area contributed by atoms with Crippen molar-refractivity contribution in [3.8, 4) is 0 Å². The maximum atomic E-state index is 10.3. The maximum Gasteiger partial charge on any atom is 0.0669 e. The SMILES string of the molecule is CCC(CC)CC(O)C1CSC(C)C(C)S1. The van der Waals surface area contributed by atoms with E-state index in [-0.39, 0.29) is 6.10 Å². The minimum atomic E-state index is -0.0997. The van der Waals surface area contributed by atoms with Crippen LogP contribution in [0.15, 0.2) is 0 Å². The van der Waals surface area contributed by atoms with Gasteiger partial charge in [0.15, 0.2) is 0 Å². The zero-order chi connectivity index (χ0) is 12.1. The van der Waals surface area contributed by atoms with Crippen molar-refractivity contribution in [1.82, 2.24) is 0 Å². The first-order valence-corrected chi connectivity index (χ1v) is 8.52. The Hall–Kier alpha value is 0.660. The molecule has 1 aliphatic rings. The first-order valence-electron chi connectivity index (χ1n) is 6.53. The molecular formula is C13H26OS2. The van der Waals surface area contributed by atoms with E-state index < -0.39 is 0 Å². The summed E-state index contributed by atoms with van der Waals surface area (Å²) in [6.07, 6.45) is 3.29. The predicted molar refractivity (Wildman–Crippen MR) is 77.5 cm³/mol. The van der Waals surface area contributed by atoms with Gasteiger partial charge in [0.2, 0.25) is 0 Å². The van der Waals surface area contributed by atoms with Crippen LogP contribution in [0.1, 0.15) is 47.0 Å². The van der Waals surface area contributed by atoms with Crippen LogP contribution in [0.5, 0.6) is 0 Å². The topological polar surface area (TPSA) is 20.2 Å². The van der Waals surface area contributed by atoms with Crippen molar-refractivity contribution in [2.45, 2.75) is 68.8 Å². The van der Waals surface area contributed by atoms with Gasteiger partial charge in [-0.3, -0.25) is 0 Å². The summed E-state index contributed by atoms with van der Waals surface area (Å²) in [5, 5.41) is 12.2. The lowest BCUT2D eigenvalue weighted by atomic mass is 9.95. The van der Waals surface area contributed by atoms with Crippen LogP contribution in [0.3, 0.4) is 0 Å². The van der Waals surface area contributed by atoms with E-state index >= 15 is 0 Å². The van der Waals surface area contributed by atoms with Gasteiger partial charge < -0.3 is 5.11 Å². The van der Waals surface area contributed by atoms with E-state index in [2.05, 4.69) is 27.7 Å². The van der Waals surface area contributed by atoms with Crippen LogP contribution in [-0.2, 0) is 0 Å². The summed E-state index contributed by atoms with van der Waals surface area (Å²) in [6, 6.07) is 0. The van der Waals surface area contributed by atoms with Crippen LogP contribution in [0.4, 0.5) is 0 Å². The standard InChI is InChI=1S/C13H26OS2/c1-5-11(6-2)7-12(14)13-8-15-9(3)10(4)16-13/h9-14H,5-8H2,1-4H3. The Balaban J connectivity index is 2.39. The van der Waals surface area contributed by atoms with Crippen molar-refractivity contribution in [3.05, 3.63) is 0 Å². The molecule has 1 heterocycles. The van der Waals surface area contributed by atoms with Crippen LogP contribution in [0, 0.1) is 5.92 Å². The molecule has 1 fully saturated rings. The van der Waals surface area contributed by atoms with E-state index in [1.54, 1.807) is 0 Å². The van der Waals surface area contributed by atoms with Crippen LogP contribution < -0.4 is 0 Å². The summed E-state index contributed by atoms with van der Waals surface area (Å²) in [5.41, 5.74) is 0. The molecule has 1 aliphatic heterocycles. The second kappa shape index (κ2) is 7.17. The Morgan fingerprint density at radius 3 is 2.31 bits per heavy atom. The lowest BCUT2D eigenvalue weighted by Gasteiger charge is -2.34. The van der Waals surface area contributed by atoms with Gasteiger partial charge in [-0.05, 0) is 12.3 Å². The number of thioether (sulfide) groups is 2. The molecule has 0 spiro atoms. The van der Waals surface area contributed by atoms with Gasteiger partial charge in [-0.25, -0.2) is 0 Å². The average Bonchev–Trinajstić information content (AvgIpc) is 2.29. The zero-order valence-corrected chi connectivity index (χ0v) is 12.6. The normalized spacial score (nSPS) is 33.0. The highest BCUT2D eigenvalue weighted by Gasteiger charge is 2.30. The third-order valence-electron chi connectivity index (χ3n) is 3.73. The molecule has 96 valence electrons. The summed E-state index contributed by atoms with van der Waals surface area (Å²) in [4.78, 5) is 0. The largest absolute Gasteiger partial charge is 0.392 e. The first-order chi connectivity index (χ1) is 7.58. The molecule has 0 bridgehead atoms. The summed E-state index contributed by atoms with van der Waals surface area (Å²) >= 11 is 4.02. The van der Waals surface area contributed by atoms with Crippen LogP contribution >= 0.6 is 23.5 Å². The molecule has 1 nitrogen and oxygen atoms in total. The van der Waals surface area contributed by atoms with Crippen molar-refractivity contribution in [2.75, 3.05) is 5.75 Å². The molecule has 1 N–H and O–H groups in total. The van der Waals surface area contributed by atoms with E-state index in [1.165, 1.54) is 12.8 Å². The highest BCUT2D eigenvalue weighted by molar-refractivity contribution is 8.07. The summed E-state index contributed by atoms with van der Waals surface area (Å²) in [7, 11) is 0. The van der Waals surface area contributed by atoms with Crippen molar-refractivity contribution >= 4 is 23.5 Å². The van der Waals surface area contributed by atoms with E-state index in [9.17, 15) is 5.11 Å². The van der Waals surface area contributed by atoms with E-state index in [4.69, 9.17) is 0 Å². The summed E-state index contributed by atoms with van der Waals surface area (Å²) in [6.45, 7) is 9.05. The fraction of sp³-hybridized carbons (Fsp3) is 1.00. The van der Waals surface area contributed by atoms with E-state index in [0.29, 0.717) is 16.4 Å². The molecule has 0 amide bonds. The molecule has 0 aromatic rings. The Morgan fingerprint density at radius 1 is 1.19 bits per heavy atom. The Labute approximate surface area is 109 Å². The average molecular weight is 262 g/mol. The van der Waals surface area contributed by atoms with Crippen LogP contribution in [0.2, 0.25) is 0 Å². The molecule has 1 rings (SSSR count). The van der Waals surface area contributed by atoms with Crippen molar-refractivity contribution in [3.63, 3.8) is 0 Å². The highest BCUT2D eigenvalue weighted by atomic mass is 32.2. The minimum Gasteiger partial charge on any atom is -0.392 e. The third-order valence-corrected chi connectivity index (χ3v) is 7.27. The molecule has 0 aliphatic carbocycles. The molecule has 0 aromatic carbocycles. The lowest BCUT2D eigenvalue weighted by molar-refractivity contribution is 0.141. The van der Waals surface area contributed by atoms with Gasteiger partial charge in [-0.2, -0.15) is 23.5 Å². The first kappa shape index (κ1) is 14.7. The molecular weight excluding hydrogens is 236 g/mol. The van der Waals surface area contributed by atoms with Gasteiger partial charge in [0.1, 0.15) is 0 Å². The molecule has 0 radical (unpaired) electrons. The second-order valence-electron chi connectivity index (χ2n) is 4.90. The quantitative estimate of drug-likeness (QED) is 0.814. The molecule has 16 heavy (non-hydrogen) atoms. The lowest BCUT2D eigenvalue weighted by Crippen LogP contribution is -2.35. The van der Waals surface area contributed by atoms with Crippen molar-refractivity contribution in [2.24, 2.45) is 5.92 Å². The van der Waals surface area contributed by atoms with Gasteiger partial charge in [0.25, 0.3) is 0 Å². The van der Waals surface area contributed by atoms with Gasteiger partial charge >= 0.3 is 0 Å². The number of aliphatic hydroxyl groups excluding tert-OH is 1. The zero-order valence-electron chi connectivity index (χ0n) is 11.0. The molecule has 0 saturated carbocycles. The molecule has 4 atom stereocenters. The maximum absolute atomic E-state index is 10.3. The van der Waals surface area contributed by atoms with Crippen molar-refractivity contribution in [1.29, 1.82) is 0 Å².